The van der Waals surface area contributed by atoms with Crippen molar-refractivity contribution in [2.45, 2.75) is 51.1 Å². The Morgan fingerprint density at radius 2 is 2.17 bits per heavy atom. The molecule has 0 radical (unpaired) electrons. The molecule has 1 aromatic carbocycles. The molecule has 24 heavy (non-hydrogen) atoms. The molecule has 1 aliphatic rings. The van der Waals surface area contributed by atoms with Crippen molar-refractivity contribution in [3.8, 4) is 0 Å². The van der Waals surface area contributed by atoms with Crippen molar-refractivity contribution in [1.82, 2.24) is 5.32 Å². The summed E-state index contributed by atoms with van der Waals surface area (Å²) in [4.78, 5) is 23.1. The number of carbonyl (C=O) groups excluding carboxylic acids is 1. The van der Waals surface area contributed by atoms with Crippen LogP contribution in [0.25, 0.3) is 0 Å². The van der Waals surface area contributed by atoms with E-state index in [4.69, 9.17) is 5.73 Å². The van der Waals surface area contributed by atoms with Crippen LogP contribution in [0.15, 0.2) is 18.2 Å². The largest absolute Gasteiger partial charge is 0.377 e. The molecule has 4 N–H and O–H groups in total. The van der Waals surface area contributed by atoms with E-state index in [0.717, 1.165) is 32.1 Å². The molecule has 1 fully saturated rings. The molecule has 1 amide bonds. The number of anilines is 1. The zero-order valence-electron chi connectivity index (χ0n) is 13.8. The first-order valence-electron chi connectivity index (χ1n) is 8.11. The zero-order valence-corrected chi connectivity index (χ0v) is 14.6. The van der Waals surface area contributed by atoms with E-state index in [1.807, 2.05) is 0 Å². The lowest BCUT2D eigenvalue weighted by Gasteiger charge is -2.16. The Kier molecular flexibility index (Phi) is 7.94. The number of hydrogen-bond donors (Lipinski definition) is 3. The summed E-state index contributed by atoms with van der Waals surface area (Å²) in [5.41, 5.74) is 6.36. The molecule has 0 bridgehead atoms. The Balaban J connectivity index is 0.00000288. The van der Waals surface area contributed by atoms with Crippen LogP contribution >= 0.6 is 12.4 Å². The molecule has 1 unspecified atom stereocenters. The summed E-state index contributed by atoms with van der Waals surface area (Å²) in [7, 11) is 0. The highest BCUT2D eigenvalue weighted by molar-refractivity contribution is 5.96. The number of amides is 1. The molecule has 0 spiro atoms. The van der Waals surface area contributed by atoms with E-state index < -0.39 is 4.92 Å². The van der Waals surface area contributed by atoms with E-state index in [1.54, 1.807) is 12.1 Å². The van der Waals surface area contributed by atoms with Crippen molar-refractivity contribution >= 4 is 29.7 Å². The van der Waals surface area contributed by atoms with Gasteiger partial charge in [-0.05, 0) is 31.4 Å². The fraction of sp³-hybridized carbons (Fsp3) is 0.562. The Morgan fingerprint density at radius 1 is 1.46 bits per heavy atom. The van der Waals surface area contributed by atoms with Crippen molar-refractivity contribution in [1.29, 1.82) is 0 Å². The molecule has 0 saturated heterocycles. The van der Waals surface area contributed by atoms with E-state index in [1.165, 1.54) is 6.07 Å². The zero-order chi connectivity index (χ0) is 16.8. The maximum absolute atomic E-state index is 12.3. The Hall–Kier alpha value is -1.86. The summed E-state index contributed by atoms with van der Waals surface area (Å²) in [5.74, 6) is -0.322. The summed E-state index contributed by atoms with van der Waals surface area (Å²) in [6, 6.07) is 4.75. The molecule has 0 aliphatic heterocycles. The van der Waals surface area contributed by atoms with Gasteiger partial charge in [0, 0.05) is 30.3 Å². The van der Waals surface area contributed by atoms with Crippen molar-refractivity contribution < 1.29 is 9.72 Å². The average molecular weight is 357 g/mol. The normalized spacial score (nSPS) is 14.4. The molecule has 0 heterocycles. The van der Waals surface area contributed by atoms with Crippen LogP contribution in [0.4, 0.5) is 11.4 Å². The minimum atomic E-state index is -0.459. The quantitative estimate of drug-likeness (QED) is 0.465. The molecule has 0 aromatic heterocycles. The second kappa shape index (κ2) is 9.44. The topological polar surface area (TPSA) is 110 Å². The average Bonchev–Trinajstić information content (AvgIpc) is 3.35. The van der Waals surface area contributed by atoms with Gasteiger partial charge in [-0.3, -0.25) is 14.9 Å². The van der Waals surface area contributed by atoms with Gasteiger partial charge in [-0.25, -0.2) is 0 Å². The van der Waals surface area contributed by atoms with Gasteiger partial charge >= 0.3 is 0 Å². The maximum atomic E-state index is 12.3. The van der Waals surface area contributed by atoms with Crippen LogP contribution in [0.5, 0.6) is 0 Å². The predicted octanol–water partition coefficient (Wildman–Crippen LogP) is 2.84. The van der Waals surface area contributed by atoms with Gasteiger partial charge in [0.05, 0.1) is 4.92 Å². The first-order valence-corrected chi connectivity index (χ1v) is 8.11. The van der Waals surface area contributed by atoms with Gasteiger partial charge in [-0.1, -0.05) is 19.8 Å². The van der Waals surface area contributed by atoms with E-state index in [9.17, 15) is 14.9 Å². The molecule has 8 heteroatoms. The van der Waals surface area contributed by atoms with Gasteiger partial charge in [0.1, 0.15) is 5.69 Å². The summed E-state index contributed by atoms with van der Waals surface area (Å²) in [6.07, 6.45) is 4.86. The Labute approximate surface area is 147 Å². The minimum Gasteiger partial charge on any atom is -0.377 e. The van der Waals surface area contributed by atoms with Gasteiger partial charge in [0.2, 0.25) is 0 Å². The Bertz CT molecular complexity index is 578. The van der Waals surface area contributed by atoms with Crippen molar-refractivity contribution in [2.75, 3.05) is 11.9 Å². The minimum absolute atomic E-state index is 0. The highest BCUT2D eigenvalue weighted by atomic mass is 35.5. The predicted molar refractivity (Wildman–Crippen MR) is 96.8 cm³/mol. The number of hydrogen-bond acceptors (Lipinski definition) is 5. The van der Waals surface area contributed by atoms with Gasteiger partial charge in [0.25, 0.3) is 11.6 Å². The number of carbonyl (C=O) groups is 1. The van der Waals surface area contributed by atoms with Crippen molar-refractivity contribution in [3.05, 3.63) is 33.9 Å². The molecule has 7 nitrogen and oxygen atoms in total. The van der Waals surface area contributed by atoms with Crippen LogP contribution in [0.2, 0.25) is 0 Å². The Morgan fingerprint density at radius 3 is 2.71 bits per heavy atom. The number of rotatable bonds is 9. The van der Waals surface area contributed by atoms with E-state index >= 15 is 0 Å². The molecular weight excluding hydrogens is 332 g/mol. The number of unbranched alkanes of at least 4 members (excludes halogenated alkanes) is 1. The molecule has 1 aliphatic carbocycles. The van der Waals surface area contributed by atoms with Crippen LogP contribution in [-0.2, 0) is 0 Å². The molecule has 1 aromatic rings. The highest BCUT2D eigenvalue weighted by Gasteiger charge is 2.25. The fourth-order valence-electron chi connectivity index (χ4n) is 2.36. The number of benzene rings is 1. The third kappa shape index (κ3) is 5.65. The third-order valence-electron chi connectivity index (χ3n) is 3.92. The fourth-order valence-corrected chi connectivity index (χ4v) is 2.36. The van der Waals surface area contributed by atoms with Crippen LogP contribution in [0, 0.1) is 10.1 Å². The first kappa shape index (κ1) is 20.2. The van der Waals surface area contributed by atoms with Crippen LogP contribution in [0.1, 0.15) is 49.4 Å². The number of nitro groups is 1. The van der Waals surface area contributed by atoms with Crippen molar-refractivity contribution in [2.24, 2.45) is 5.73 Å². The highest BCUT2D eigenvalue weighted by Crippen LogP contribution is 2.31. The molecular formula is C16H25ClN4O3. The standard InChI is InChI=1S/C16H24N4O3.ClH/c1-2-3-4-13(10-17)19-16(21)11-5-8-14(18-12-6-7-12)15(9-11)20(22)23;/h5,8-9,12-13,18H,2-4,6-7,10,17H2,1H3,(H,19,21);1H. The van der Waals surface area contributed by atoms with E-state index in [2.05, 4.69) is 17.6 Å². The number of nitrogens with one attached hydrogen (secondary N) is 2. The van der Waals surface area contributed by atoms with Crippen LogP contribution < -0.4 is 16.4 Å². The van der Waals surface area contributed by atoms with E-state index in [0.29, 0.717) is 18.3 Å². The van der Waals surface area contributed by atoms with Crippen molar-refractivity contribution in [3.63, 3.8) is 0 Å². The van der Waals surface area contributed by atoms with Crippen LogP contribution in [0.3, 0.4) is 0 Å². The smallest absolute Gasteiger partial charge is 0.293 e. The first-order chi connectivity index (χ1) is 11.0. The maximum Gasteiger partial charge on any atom is 0.293 e. The summed E-state index contributed by atoms with van der Waals surface area (Å²) in [5, 5.41) is 17.2. The number of halogens is 1. The lowest BCUT2D eigenvalue weighted by molar-refractivity contribution is -0.384. The summed E-state index contributed by atoms with van der Waals surface area (Å²) in [6.45, 7) is 2.43. The second-order valence-electron chi connectivity index (χ2n) is 5.96. The second-order valence-corrected chi connectivity index (χ2v) is 5.96. The van der Waals surface area contributed by atoms with Gasteiger partial charge in [0.15, 0.2) is 0 Å². The SMILES string of the molecule is CCCCC(CN)NC(=O)c1ccc(NC2CC2)c([N+](=O)[O-])c1.Cl. The van der Waals surface area contributed by atoms with E-state index in [-0.39, 0.29) is 35.6 Å². The molecule has 1 saturated carbocycles. The lowest BCUT2D eigenvalue weighted by Crippen LogP contribution is -2.40. The molecule has 134 valence electrons. The number of nitro benzene ring substituents is 1. The monoisotopic (exact) mass is 356 g/mol. The molecule has 2 rings (SSSR count). The van der Waals surface area contributed by atoms with Gasteiger partial charge < -0.3 is 16.4 Å². The summed E-state index contributed by atoms with van der Waals surface area (Å²) >= 11 is 0. The number of nitrogens with two attached hydrogens (primary N) is 1. The van der Waals surface area contributed by atoms with Gasteiger partial charge in [-0.2, -0.15) is 0 Å². The third-order valence-corrected chi connectivity index (χ3v) is 3.92. The van der Waals surface area contributed by atoms with Gasteiger partial charge in [-0.15, -0.1) is 12.4 Å². The van der Waals surface area contributed by atoms with Crippen LogP contribution in [-0.4, -0.2) is 29.5 Å². The lowest BCUT2D eigenvalue weighted by atomic mass is 10.1. The summed E-state index contributed by atoms with van der Waals surface area (Å²) < 4.78 is 0. The number of nitrogens with zero attached hydrogens (tertiary/aromatic N) is 1. The molecule has 1 atom stereocenters.